The highest BCUT2D eigenvalue weighted by Gasteiger charge is 2.42. The average Bonchev–Trinajstić information content (AvgIpc) is 3.25. The van der Waals surface area contributed by atoms with Gasteiger partial charge in [-0.2, -0.15) is 0 Å². The number of nitrogens with zero attached hydrogens (tertiary/aromatic N) is 1. The van der Waals surface area contributed by atoms with Crippen molar-refractivity contribution < 1.29 is 9.21 Å². The third-order valence-electron chi connectivity index (χ3n) is 5.16. The van der Waals surface area contributed by atoms with Gasteiger partial charge in [-0.25, -0.2) is 0 Å². The lowest BCUT2D eigenvalue weighted by atomic mass is 9.98. The van der Waals surface area contributed by atoms with E-state index in [0.717, 1.165) is 42.6 Å². The van der Waals surface area contributed by atoms with Crippen LogP contribution in [-0.2, 0) is 0 Å². The molecule has 2 aromatic rings. The predicted octanol–water partition coefficient (Wildman–Crippen LogP) is 3.18. The number of fused-ring (bicyclic) bond motifs is 1. The van der Waals surface area contributed by atoms with E-state index >= 15 is 0 Å². The van der Waals surface area contributed by atoms with Crippen LogP contribution >= 0.6 is 12.4 Å². The Balaban J connectivity index is 0.00000156. The van der Waals surface area contributed by atoms with Gasteiger partial charge in [0.15, 0.2) is 0 Å². The van der Waals surface area contributed by atoms with Gasteiger partial charge in [0.05, 0.1) is 12.5 Å². The van der Waals surface area contributed by atoms with E-state index < -0.39 is 0 Å². The fourth-order valence-corrected chi connectivity index (χ4v) is 3.92. The molecule has 1 aromatic heterocycles. The van der Waals surface area contributed by atoms with E-state index in [1.165, 1.54) is 0 Å². The minimum Gasteiger partial charge on any atom is -0.472 e. The van der Waals surface area contributed by atoms with Gasteiger partial charge in [-0.1, -0.05) is 12.1 Å². The first-order chi connectivity index (χ1) is 10.7. The zero-order valence-electron chi connectivity index (χ0n) is 12.9. The van der Waals surface area contributed by atoms with Crippen molar-refractivity contribution in [3.05, 3.63) is 48.4 Å². The van der Waals surface area contributed by atoms with Gasteiger partial charge in [-0.3, -0.25) is 4.79 Å². The summed E-state index contributed by atoms with van der Waals surface area (Å²) in [5.41, 5.74) is 8.91. The van der Waals surface area contributed by atoms with Crippen LogP contribution in [0.25, 0.3) is 11.1 Å². The first kappa shape index (κ1) is 16.1. The number of hydrogen-bond donors (Lipinski definition) is 1. The number of furan rings is 1. The first-order valence-corrected chi connectivity index (χ1v) is 7.90. The summed E-state index contributed by atoms with van der Waals surface area (Å²) < 4.78 is 5.12. The number of hydrogen-bond acceptors (Lipinski definition) is 3. The molecular formula is C18H21ClN2O2. The van der Waals surface area contributed by atoms with Crippen LogP contribution in [0.3, 0.4) is 0 Å². The van der Waals surface area contributed by atoms with Gasteiger partial charge in [-0.05, 0) is 48.4 Å². The van der Waals surface area contributed by atoms with Crippen LogP contribution < -0.4 is 5.73 Å². The van der Waals surface area contributed by atoms with E-state index in [1.807, 2.05) is 35.2 Å². The maximum absolute atomic E-state index is 12.8. The van der Waals surface area contributed by atoms with Crippen molar-refractivity contribution >= 4 is 18.3 Å². The highest BCUT2D eigenvalue weighted by atomic mass is 35.5. The van der Waals surface area contributed by atoms with E-state index in [9.17, 15) is 4.79 Å². The quantitative estimate of drug-likeness (QED) is 0.918. The Labute approximate surface area is 142 Å². The molecule has 1 aliphatic heterocycles. The van der Waals surface area contributed by atoms with Crippen LogP contribution in [0.15, 0.2) is 47.3 Å². The Morgan fingerprint density at radius 3 is 2.78 bits per heavy atom. The van der Waals surface area contributed by atoms with Crippen molar-refractivity contribution in [2.45, 2.75) is 18.9 Å². The molecule has 4 rings (SSSR count). The molecule has 1 amide bonds. The third kappa shape index (κ3) is 2.89. The Kier molecular flexibility index (Phi) is 4.46. The van der Waals surface area contributed by atoms with Crippen molar-refractivity contribution in [1.29, 1.82) is 0 Å². The molecule has 3 atom stereocenters. The lowest BCUT2D eigenvalue weighted by Gasteiger charge is -2.19. The maximum Gasteiger partial charge on any atom is 0.253 e. The Hall–Kier alpha value is -1.78. The van der Waals surface area contributed by atoms with Crippen molar-refractivity contribution in [1.82, 2.24) is 4.90 Å². The smallest absolute Gasteiger partial charge is 0.253 e. The predicted molar refractivity (Wildman–Crippen MR) is 91.5 cm³/mol. The number of carbonyl (C=O) groups excluding carboxylic acids is 1. The molecule has 0 radical (unpaired) electrons. The molecule has 122 valence electrons. The molecule has 4 nitrogen and oxygen atoms in total. The van der Waals surface area contributed by atoms with Crippen LogP contribution in [0.2, 0.25) is 0 Å². The number of likely N-dealkylation sites (tertiary alicyclic amines) is 1. The van der Waals surface area contributed by atoms with Gasteiger partial charge in [0.25, 0.3) is 5.91 Å². The van der Waals surface area contributed by atoms with Crippen LogP contribution in [0, 0.1) is 11.8 Å². The monoisotopic (exact) mass is 332 g/mol. The van der Waals surface area contributed by atoms with Gasteiger partial charge in [0, 0.05) is 30.3 Å². The maximum atomic E-state index is 12.8. The van der Waals surface area contributed by atoms with Crippen LogP contribution in [-0.4, -0.2) is 29.9 Å². The Bertz CT molecular complexity index is 686. The number of amides is 1. The first-order valence-electron chi connectivity index (χ1n) is 7.90. The van der Waals surface area contributed by atoms with Crippen LogP contribution in [0.1, 0.15) is 23.2 Å². The largest absolute Gasteiger partial charge is 0.472 e. The number of benzene rings is 1. The summed E-state index contributed by atoms with van der Waals surface area (Å²) in [5.74, 6) is 1.20. The lowest BCUT2D eigenvalue weighted by molar-refractivity contribution is 0.0779. The van der Waals surface area contributed by atoms with Gasteiger partial charge >= 0.3 is 0 Å². The molecule has 1 saturated heterocycles. The summed E-state index contributed by atoms with van der Waals surface area (Å²) in [7, 11) is 0. The molecule has 1 saturated carbocycles. The van der Waals surface area contributed by atoms with E-state index in [1.54, 1.807) is 12.5 Å². The summed E-state index contributed by atoms with van der Waals surface area (Å²) in [6.07, 6.45) is 5.60. The minimum atomic E-state index is 0. The van der Waals surface area contributed by atoms with Gasteiger partial charge < -0.3 is 15.1 Å². The molecule has 2 heterocycles. The third-order valence-corrected chi connectivity index (χ3v) is 5.16. The molecule has 1 aliphatic carbocycles. The number of rotatable bonds is 2. The number of nitrogens with two attached hydrogens (primary N) is 1. The molecule has 3 unspecified atom stereocenters. The van der Waals surface area contributed by atoms with Gasteiger partial charge in [0.2, 0.25) is 0 Å². The average molecular weight is 333 g/mol. The van der Waals surface area contributed by atoms with Crippen molar-refractivity contribution in [3.8, 4) is 11.1 Å². The Morgan fingerprint density at radius 2 is 2.04 bits per heavy atom. The molecule has 2 fully saturated rings. The highest BCUT2D eigenvalue weighted by Crippen LogP contribution is 2.37. The summed E-state index contributed by atoms with van der Waals surface area (Å²) in [5, 5.41) is 0. The Morgan fingerprint density at radius 1 is 1.17 bits per heavy atom. The molecule has 1 aromatic carbocycles. The molecule has 23 heavy (non-hydrogen) atoms. The van der Waals surface area contributed by atoms with E-state index in [2.05, 4.69) is 0 Å². The van der Waals surface area contributed by atoms with Crippen molar-refractivity contribution in [3.63, 3.8) is 0 Å². The number of halogens is 1. The van der Waals surface area contributed by atoms with Crippen molar-refractivity contribution in [2.75, 3.05) is 13.1 Å². The highest BCUT2D eigenvalue weighted by molar-refractivity contribution is 5.95. The van der Waals surface area contributed by atoms with Gasteiger partial charge in [-0.15, -0.1) is 12.4 Å². The molecule has 2 aliphatic rings. The van der Waals surface area contributed by atoms with Gasteiger partial charge in [0.1, 0.15) is 0 Å². The van der Waals surface area contributed by atoms with E-state index in [4.69, 9.17) is 10.2 Å². The summed E-state index contributed by atoms with van der Waals surface area (Å²) in [4.78, 5) is 14.7. The fraction of sp³-hybridized carbons (Fsp3) is 0.389. The molecule has 0 spiro atoms. The second-order valence-electron chi connectivity index (χ2n) is 6.47. The van der Waals surface area contributed by atoms with Crippen LogP contribution in [0.4, 0.5) is 0 Å². The summed E-state index contributed by atoms with van der Waals surface area (Å²) in [6.45, 7) is 1.66. The van der Waals surface area contributed by atoms with E-state index in [-0.39, 0.29) is 24.4 Å². The zero-order chi connectivity index (χ0) is 15.1. The zero-order valence-corrected chi connectivity index (χ0v) is 13.7. The molecule has 2 N–H and O–H groups in total. The normalized spacial score (nSPS) is 26.0. The second-order valence-corrected chi connectivity index (χ2v) is 6.47. The number of carbonyl (C=O) groups is 1. The summed E-state index contributed by atoms with van der Waals surface area (Å²) in [6, 6.07) is 9.93. The van der Waals surface area contributed by atoms with E-state index in [0.29, 0.717) is 11.8 Å². The second kappa shape index (κ2) is 6.38. The molecular weight excluding hydrogens is 312 g/mol. The van der Waals surface area contributed by atoms with Crippen molar-refractivity contribution in [2.24, 2.45) is 17.6 Å². The topological polar surface area (TPSA) is 59.5 Å². The molecule has 0 bridgehead atoms. The SMILES string of the molecule is Cl.NC1CCC2CN(C(=O)c3cccc(-c4ccoc4)c3)CC12. The fourth-order valence-electron chi connectivity index (χ4n) is 3.92. The van der Waals surface area contributed by atoms with Crippen LogP contribution in [0.5, 0.6) is 0 Å². The molecule has 5 heteroatoms. The lowest BCUT2D eigenvalue weighted by Crippen LogP contribution is -2.33. The summed E-state index contributed by atoms with van der Waals surface area (Å²) >= 11 is 0. The standard InChI is InChI=1S/C18H20N2O2.ClH/c19-17-5-4-14-9-20(10-16(14)17)18(21)13-3-1-2-12(8-13)15-6-7-22-11-15;/h1-3,6-8,11,14,16-17H,4-5,9-10,19H2;1H. The minimum absolute atomic E-state index is 0.